The Bertz CT molecular complexity index is 1150. The summed E-state index contributed by atoms with van der Waals surface area (Å²) in [5.74, 6) is 0.647. The van der Waals surface area contributed by atoms with Crippen molar-refractivity contribution < 1.29 is 4.79 Å². The number of pyridine rings is 1. The number of nitrogen functional groups attached to an aromatic ring is 1. The molecule has 1 saturated heterocycles. The molecule has 0 atom stereocenters. The Morgan fingerprint density at radius 1 is 1.16 bits per heavy atom. The number of carbonyl (C=O) groups is 1. The average molecular weight is 436 g/mol. The fraction of sp³-hybridized carbons (Fsp3) is 0.391. The summed E-state index contributed by atoms with van der Waals surface area (Å²) in [5.41, 5.74) is 7.76. The number of hydrogen-bond acceptors (Lipinski definition) is 7. The molecular formula is C23H29N7O2. The van der Waals surface area contributed by atoms with Crippen LogP contribution in [0.4, 0.5) is 11.8 Å². The lowest BCUT2D eigenvalue weighted by Gasteiger charge is -2.27. The Morgan fingerprint density at radius 2 is 1.91 bits per heavy atom. The second-order valence-electron chi connectivity index (χ2n) is 7.96. The lowest BCUT2D eigenvalue weighted by Crippen LogP contribution is -2.46. The average Bonchev–Trinajstić information content (AvgIpc) is 2.81. The predicted octanol–water partition coefficient (Wildman–Crippen LogP) is 1.68. The summed E-state index contributed by atoms with van der Waals surface area (Å²) in [6.07, 6.45) is 3.71. The van der Waals surface area contributed by atoms with Gasteiger partial charge in [-0.05, 0) is 30.2 Å². The van der Waals surface area contributed by atoms with E-state index in [9.17, 15) is 9.59 Å². The Kier molecular flexibility index (Phi) is 6.65. The van der Waals surface area contributed by atoms with E-state index in [0.29, 0.717) is 48.5 Å². The molecule has 3 aromatic rings. The highest BCUT2D eigenvalue weighted by Gasteiger charge is 2.18. The molecule has 1 aromatic carbocycles. The molecular weight excluding hydrogens is 406 g/mol. The van der Waals surface area contributed by atoms with Crippen molar-refractivity contribution in [2.75, 3.05) is 43.8 Å². The van der Waals surface area contributed by atoms with Gasteiger partial charge in [-0.1, -0.05) is 25.5 Å². The smallest absolute Gasteiger partial charge is 0.264 e. The first kappa shape index (κ1) is 21.8. The Labute approximate surface area is 186 Å². The van der Waals surface area contributed by atoms with Gasteiger partial charge in [-0.3, -0.25) is 9.59 Å². The van der Waals surface area contributed by atoms with Crippen molar-refractivity contribution in [3.05, 3.63) is 58.0 Å². The van der Waals surface area contributed by atoms with Crippen molar-refractivity contribution in [2.45, 2.75) is 26.3 Å². The molecule has 9 nitrogen and oxygen atoms in total. The van der Waals surface area contributed by atoms with Gasteiger partial charge >= 0.3 is 0 Å². The van der Waals surface area contributed by atoms with Crippen LogP contribution in [0.1, 0.15) is 35.7 Å². The van der Waals surface area contributed by atoms with Crippen LogP contribution in [0.2, 0.25) is 0 Å². The summed E-state index contributed by atoms with van der Waals surface area (Å²) < 4.78 is 1.63. The molecule has 4 N–H and O–H groups in total. The summed E-state index contributed by atoms with van der Waals surface area (Å²) in [6.45, 7) is 6.26. The molecule has 0 saturated carbocycles. The van der Waals surface area contributed by atoms with E-state index in [4.69, 9.17) is 5.73 Å². The molecule has 4 rings (SSSR count). The third kappa shape index (κ3) is 4.72. The molecule has 0 radical (unpaired) electrons. The first-order valence-corrected chi connectivity index (χ1v) is 11.1. The van der Waals surface area contributed by atoms with Gasteiger partial charge in [-0.2, -0.15) is 4.98 Å². The quantitative estimate of drug-likeness (QED) is 0.483. The minimum absolute atomic E-state index is 0.0402. The van der Waals surface area contributed by atoms with Crippen molar-refractivity contribution in [3.8, 4) is 0 Å². The number of aromatic nitrogens is 3. The van der Waals surface area contributed by atoms with Gasteiger partial charge in [-0.25, -0.2) is 4.98 Å². The van der Waals surface area contributed by atoms with Gasteiger partial charge in [0, 0.05) is 44.5 Å². The van der Waals surface area contributed by atoms with E-state index < -0.39 is 0 Å². The third-order valence-corrected chi connectivity index (χ3v) is 5.62. The number of nitrogens with zero attached hydrogens (tertiary/aromatic N) is 4. The van der Waals surface area contributed by atoms with Gasteiger partial charge in [0.2, 0.25) is 5.95 Å². The molecule has 1 aliphatic heterocycles. The molecule has 1 fully saturated rings. The molecule has 0 bridgehead atoms. The van der Waals surface area contributed by atoms with Gasteiger partial charge in [0.15, 0.2) is 0 Å². The Hall–Kier alpha value is -3.46. The fourth-order valence-electron chi connectivity index (χ4n) is 3.84. The van der Waals surface area contributed by atoms with Crippen molar-refractivity contribution >= 4 is 28.6 Å². The molecule has 0 unspecified atom stereocenters. The topological polar surface area (TPSA) is 118 Å². The number of nitrogens with one attached hydrogen (secondary N) is 2. The highest BCUT2D eigenvalue weighted by Crippen LogP contribution is 2.18. The number of piperazine rings is 1. The highest BCUT2D eigenvalue weighted by atomic mass is 16.2. The summed E-state index contributed by atoms with van der Waals surface area (Å²) in [4.78, 5) is 36.2. The van der Waals surface area contributed by atoms with E-state index in [1.54, 1.807) is 16.8 Å². The first-order chi connectivity index (χ1) is 15.6. The largest absolute Gasteiger partial charge is 0.369 e. The summed E-state index contributed by atoms with van der Waals surface area (Å²) in [6, 6.07) is 9.22. The van der Waals surface area contributed by atoms with E-state index in [0.717, 1.165) is 31.5 Å². The zero-order chi connectivity index (χ0) is 22.5. The van der Waals surface area contributed by atoms with Crippen LogP contribution in [0.3, 0.4) is 0 Å². The first-order valence-electron chi connectivity index (χ1n) is 11.1. The maximum atomic E-state index is 13.2. The third-order valence-electron chi connectivity index (χ3n) is 5.62. The SMILES string of the molecule is CCCCNc1nc(N)nc2ccn(Cc3ccc(C(=O)N4CCNCC4)cc3)c(=O)c12. The Balaban J connectivity index is 1.56. The van der Waals surface area contributed by atoms with Crippen molar-refractivity contribution in [1.29, 1.82) is 0 Å². The number of nitrogens with two attached hydrogens (primary N) is 1. The van der Waals surface area contributed by atoms with Crippen LogP contribution < -0.4 is 21.9 Å². The number of carbonyl (C=O) groups excluding carboxylic acids is 1. The van der Waals surface area contributed by atoms with Gasteiger partial charge in [-0.15, -0.1) is 0 Å². The summed E-state index contributed by atoms with van der Waals surface area (Å²) in [5, 5.41) is 6.90. The molecule has 1 aliphatic rings. The van der Waals surface area contributed by atoms with Gasteiger partial charge in [0.05, 0.1) is 12.1 Å². The fourth-order valence-corrected chi connectivity index (χ4v) is 3.84. The van der Waals surface area contributed by atoms with Crippen LogP contribution >= 0.6 is 0 Å². The zero-order valence-electron chi connectivity index (χ0n) is 18.3. The molecule has 3 heterocycles. The standard InChI is InChI=1S/C23H29N7O2/c1-2-3-9-26-20-19-18(27-23(24)28-20)8-12-30(22(19)32)15-16-4-6-17(7-5-16)21(31)29-13-10-25-11-14-29/h4-8,12,25H,2-3,9-11,13-15H2,1H3,(H3,24,26,27,28). The van der Waals surface area contributed by atoms with Crippen LogP contribution in [0, 0.1) is 0 Å². The monoisotopic (exact) mass is 435 g/mol. The van der Waals surface area contributed by atoms with Gasteiger partial charge in [0.1, 0.15) is 11.2 Å². The van der Waals surface area contributed by atoms with E-state index in [2.05, 4.69) is 27.5 Å². The normalized spacial score (nSPS) is 14.0. The number of unbranched alkanes of at least 4 members (excludes halogenated alkanes) is 1. The molecule has 168 valence electrons. The van der Waals surface area contributed by atoms with E-state index in [-0.39, 0.29) is 17.4 Å². The van der Waals surface area contributed by atoms with Crippen LogP contribution in [0.15, 0.2) is 41.3 Å². The minimum Gasteiger partial charge on any atom is -0.369 e. The molecule has 9 heteroatoms. The van der Waals surface area contributed by atoms with E-state index in [1.165, 1.54) is 0 Å². The van der Waals surface area contributed by atoms with E-state index >= 15 is 0 Å². The lowest BCUT2D eigenvalue weighted by atomic mass is 10.1. The zero-order valence-corrected chi connectivity index (χ0v) is 18.3. The number of hydrogen-bond donors (Lipinski definition) is 3. The highest BCUT2D eigenvalue weighted by molar-refractivity contribution is 5.94. The van der Waals surface area contributed by atoms with Crippen LogP contribution in [-0.2, 0) is 6.54 Å². The molecule has 2 aromatic heterocycles. The Morgan fingerprint density at radius 3 is 2.62 bits per heavy atom. The molecule has 32 heavy (non-hydrogen) atoms. The molecule has 0 aliphatic carbocycles. The van der Waals surface area contributed by atoms with Crippen LogP contribution in [-0.4, -0.2) is 58.1 Å². The maximum Gasteiger partial charge on any atom is 0.264 e. The number of benzene rings is 1. The number of rotatable bonds is 7. The van der Waals surface area contributed by atoms with Crippen molar-refractivity contribution in [3.63, 3.8) is 0 Å². The van der Waals surface area contributed by atoms with Crippen molar-refractivity contribution in [1.82, 2.24) is 24.8 Å². The van der Waals surface area contributed by atoms with E-state index in [1.807, 2.05) is 29.2 Å². The minimum atomic E-state index is -0.178. The number of anilines is 2. The maximum absolute atomic E-state index is 13.2. The summed E-state index contributed by atoms with van der Waals surface area (Å²) in [7, 11) is 0. The number of fused-ring (bicyclic) bond motifs is 1. The number of amides is 1. The lowest BCUT2D eigenvalue weighted by molar-refractivity contribution is 0.0736. The summed E-state index contributed by atoms with van der Waals surface area (Å²) >= 11 is 0. The second kappa shape index (κ2) is 9.78. The van der Waals surface area contributed by atoms with Crippen LogP contribution in [0.25, 0.3) is 10.9 Å². The van der Waals surface area contributed by atoms with Gasteiger partial charge < -0.3 is 25.8 Å². The predicted molar refractivity (Wildman–Crippen MR) is 126 cm³/mol. The molecule has 1 amide bonds. The second-order valence-corrected chi connectivity index (χ2v) is 7.96. The molecule has 0 spiro atoms. The van der Waals surface area contributed by atoms with Crippen LogP contribution in [0.5, 0.6) is 0 Å². The van der Waals surface area contributed by atoms with Gasteiger partial charge in [0.25, 0.3) is 11.5 Å². The van der Waals surface area contributed by atoms with Crippen molar-refractivity contribution in [2.24, 2.45) is 0 Å².